The van der Waals surface area contributed by atoms with Gasteiger partial charge in [0.2, 0.25) is 0 Å². The Morgan fingerprint density at radius 1 is 1.00 bits per heavy atom. The van der Waals surface area contributed by atoms with E-state index in [0.29, 0.717) is 25.8 Å². The average molecular weight is 297 g/mol. The van der Waals surface area contributed by atoms with Crippen LogP contribution >= 0.6 is 0 Å². The number of carboxylic acids is 2. The average Bonchev–Trinajstić information content (AvgIpc) is 2.46. The van der Waals surface area contributed by atoms with Crippen molar-refractivity contribution in [2.24, 2.45) is 17.2 Å². The minimum atomic E-state index is -0.959. The molecular weight excluding hydrogens is 274 g/mol. The monoisotopic (exact) mass is 297 g/mol. The van der Waals surface area contributed by atoms with Gasteiger partial charge in [-0.25, -0.2) is 0 Å². The van der Waals surface area contributed by atoms with Crippen molar-refractivity contribution in [2.75, 3.05) is 6.54 Å². The largest absolute Gasteiger partial charge is 0.480 e. The van der Waals surface area contributed by atoms with Crippen LogP contribution in [0.3, 0.4) is 0 Å². The van der Waals surface area contributed by atoms with E-state index in [1.54, 1.807) is 0 Å². The smallest absolute Gasteiger partial charge is 0.320 e. The molecule has 1 aromatic rings. The van der Waals surface area contributed by atoms with Crippen LogP contribution in [0.1, 0.15) is 18.4 Å². The molecule has 0 aliphatic carbocycles. The lowest BCUT2D eigenvalue weighted by Gasteiger charge is -2.04. The van der Waals surface area contributed by atoms with Crippen molar-refractivity contribution in [2.45, 2.75) is 31.3 Å². The zero-order chi connectivity index (χ0) is 16.3. The third kappa shape index (κ3) is 9.55. The first-order chi connectivity index (χ1) is 9.88. The van der Waals surface area contributed by atoms with Crippen LogP contribution in [0.15, 0.2) is 30.3 Å². The molecule has 2 atom stereocenters. The number of carbonyl (C=O) groups is 2. The van der Waals surface area contributed by atoms with Crippen molar-refractivity contribution in [3.8, 4) is 0 Å². The van der Waals surface area contributed by atoms with Crippen LogP contribution in [-0.4, -0.2) is 40.8 Å². The molecule has 8 N–H and O–H groups in total. The Balaban J connectivity index is 0.000000400. The second-order valence-electron chi connectivity index (χ2n) is 4.51. The van der Waals surface area contributed by atoms with E-state index in [0.717, 1.165) is 5.56 Å². The topological polar surface area (TPSA) is 153 Å². The summed E-state index contributed by atoms with van der Waals surface area (Å²) < 4.78 is 0. The van der Waals surface area contributed by atoms with Gasteiger partial charge in [-0.3, -0.25) is 9.59 Å². The predicted molar refractivity (Wildman–Crippen MR) is 79.7 cm³/mol. The highest BCUT2D eigenvalue weighted by Crippen LogP contribution is 2.01. The van der Waals surface area contributed by atoms with E-state index in [1.807, 2.05) is 30.3 Å². The third-order valence-corrected chi connectivity index (χ3v) is 2.65. The fraction of sp³-hybridized carbons (Fsp3) is 0.429. The number of aliphatic carboxylic acids is 2. The molecule has 0 aliphatic rings. The van der Waals surface area contributed by atoms with E-state index in [4.69, 9.17) is 27.4 Å². The van der Waals surface area contributed by atoms with Crippen LogP contribution < -0.4 is 17.2 Å². The zero-order valence-corrected chi connectivity index (χ0v) is 11.8. The molecule has 1 aromatic carbocycles. The van der Waals surface area contributed by atoms with E-state index in [9.17, 15) is 9.59 Å². The van der Waals surface area contributed by atoms with Gasteiger partial charge in [0.25, 0.3) is 0 Å². The maximum Gasteiger partial charge on any atom is 0.320 e. The Labute approximate surface area is 123 Å². The summed E-state index contributed by atoms with van der Waals surface area (Å²) in [6.07, 6.45) is 1.52. The molecule has 0 radical (unpaired) electrons. The molecule has 0 heterocycles. The summed E-state index contributed by atoms with van der Waals surface area (Å²) >= 11 is 0. The molecule has 0 saturated carbocycles. The van der Waals surface area contributed by atoms with Gasteiger partial charge in [0, 0.05) is 0 Å². The fourth-order valence-corrected chi connectivity index (χ4v) is 1.42. The van der Waals surface area contributed by atoms with Crippen molar-refractivity contribution in [1.82, 2.24) is 0 Å². The Morgan fingerprint density at radius 3 is 1.95 bits per heavy atom. The summed E-state index contributed by atoms with van der Waals surface area (Å²) in [6, 6.07) is 7.80. The van der Waals surface area contributed by atoms with Gasteiger partial charge in [-0.1, -0.05) is 30.3 Å². The highest BCUT2D eigenvalue weighted by molar-refractivity contribution is 5.73. The van der Waals surface area contributed by atoms with Crippen molar-refractivity contribution in [3.05, 3.63) is 35.9 Å². The summed E-state index contributed by atoms with van der Waals surface area (Å²) in [5.74, 6) is -1.91. The number of carboxylic acid groups (broad SMARTS) is 2. The van der Waals surface area contributed by atoms with Crippen LogP contribution in [0.5, 0.6) is 0 Å². The molecule has 0 fully saturated rings. The third-order valence-electron chi connectivity index (χ3n) is 2.65. The second-order valence-corrected chi connectivity index (χ2v) is 4.51. The van der Waals surface area contributed by atoms with Gasteiger partial charge < -0.3 is 27.4 Å². The molecular formula is C14H23N3O4. The predicted octanol–water partition coefficient (Wildman–Crippen LogP) is -0.222. The van der Waals surface area contributed by atoms with Gasteiger partial charge in [0.15, 0.2) is 0 Å². The summed E-state index contributed by atoms with van der Waals surface area (Å²) in [4.78, 5) is 20.4. The molecule has 1 rings (SSSR count). The molecule has 2 unspecified atom stereocenters. The summed E-state index contributed by atoms with van der Waals surface area (Å²) in [6.45, 7) is 0.501. The van der Waals surface area contributed by atoms with Crippen LogP contribution in [0.25, 0.3) is 0 Å². The maximum atomic E-state index is 10.4. The molecule has 7 heteroatoms. The highest BCUT2D eigenvalue weighted by Gasteiger charge is 2.11. The van der Waals surface area contributed by atoms with Crippen molar-refractivity contribution < 1.29 is 19.8 Å². The zero-order valence-electron chi connectivity index (χ0n) is 11.8. The minimum absolute atomic E-state index is 0.385. The van der Waals surface area contributed by atoms with Crippen LogP contribution in [-0.2, 0) is 16.0 Å². The quantitative estimate of drug-likeness (QED) is 0.466. The minimum Gasteiger partial charge on any atom is -0.480 e. The first kappa shape index (κ1) is 19.0. The van der Waals surface area contributed by atoms with E-state index in [1.165, 1.54) is 0 Å². The molecule has 0 spiro atoms. The Hall–Kier alpha value is -1.96. The maximum absolute atomic E-state index is 10.4. The Kier molecular flexibility index (Phi) is 9.78. The standard InChI is InChI=1S/C9H11NO2.C5H12N2O2/c10-8(9(11)12)6-7-4-2-1-3-5-7;6-3-1-2-4(7)5(8)9/h1-5,8H,6,10H2,(H,11,12);4H,1-3,6-7H2,(H,8,9). The van der Waals surface area contributed by atoms with Gasteiger partial charge in [-0.05, 0) is 31.4 Å². The van der Waals surface area contributed by atoms with Gasteiger partial charge in [0.1, 0.15) is 12.1 Å². The molecule has 21 heavy (non-hydrogen) atoms. The normalized spacial score (nSPS) is 12.7. The number of hydrogen-bond donors (Lipinski definition) is 5. The van der Waals surface area contributed by atoms with E-state index < -0.39 is 24.0 Å². The molecule has 118 valence electrons. The van der Waals surface area contributed by atoms with Gasteiger partial charge >= 0.3 is 11.9 Å². The van der Waals surface area contributed by atoms with Gasteiger partial charge in [-0.2, -0.15) is 0 Å². The van der Waals surface area contributed by atoms with Crippen molar-refractivity contribution in [1.29, 1.82) is 0 Å². The van der Waals surface area contributed by atoms with Crippen LogP contribution in [0, 0.1) is 0 Å². The summed E-state index contributed by atoms with van der Waals surface area (Å²) in [5.41, 5.74) is 16.6. The molecule has 0 aromatic heterocycles. The number of rotatable bonds is 7. The number of nitrogens with two attached hydrogens (primary N) is 3. The Bertz CT molecular complexity index is 425. The lowest BCUT2D eigenvalue weighted by Crippen LogP contribution is -2.32. The first-order valence-corrected chi connectivity index (χ1v) is 6.59. The highest BCUT2D eigenvalue weighted by atomic mass is 16.4. The molecule has 0 bridgehead atoms. The van der Waals surface area contributed by atoms with Gasteiger partial charge in [-0.15, -0.1) is 0 Å². The summed E-state index contributed by atoms with van der Waals surface area (Å²) in [7, 11) is 0. The summed E-state index contributed by atoms with van der Waals surface area (Å²) in [5, 5.41) is 16.8. The van der Waals surface area contributed by atoms with E-state index in [-0.39, 0.29) is 0 Å². The molecule has 0 amide bonds. The van der Waals surface area contributed by atoms with E-state index >= 15 is 0 Å². The Morgan fingerprint density at radius 2 is 1.52 bits per heavy atom. The molecule has 7 nitrogen and oxygen atoms in total. The second kappa shape index (κ2) is 10.8. The van der Waals surface area contributed by atoms with Crippen molar-refractivity contribution in [3.63, 3.8) is 0 Å². The lowest BCUT2D eigenvalue weighted by molar-refractivity contribution is -0.139. The molecule has 0 saturated heterocycles. The number of benzene rings is 1. The van der Waals surface area contributed by atoms with E-state index in [2.05, 4.69) is 0 Å². The van der Waals surface area contributed by atoms with Gasteiger partial charge in [0.05, 0.1) is 0 Å². The number of hydrogen-bond acceptors (Lipinski definition) is 5. The van der Waals surface area contributed by atoms with Crippen molar-refractivity contribution >= 4 is 11.9 Å². The SMILES string of the molecule is NC(Cc1ccccc1)C(=O)O.NCCCC(N)C(=O)O. The first-order valence-electron chi connectivity index (χ1n) is 6.59. The molecule has 0 aliphatic heterocycles. The lowest BCUT2D eigenvalue weighted by atomic mass is 10.1. The fourth-order valence-electron chi connectivity index (χ4n) is 1.42. The van der Waals surface area contributed by atoms with Crippen LogP contribution in [0.4, 0.5) is 0 Å². The van der Waals surface area contributed by atoms with Crippen LogP contribution in [0.2, 0.25) is 0 Å².